The molecular weight excluding hydrogens is 471 g/mol. The number of nitrogens with zero attached hydrogens (tertiary/aromatic N) is 5. The molecule has 1 aliphatic carbocycles. The predicted molar refractivity (Wildman–Crippen MR) is 130 cm³/mol. The molecule has 1 saturated carbocycles. The number of amides is 1. The first kappa shape index (κ1) is 23.1. The molecule has 4 heterocycles. The third kappa shape index (κ3) is 4.15. The zero-order valence-electron chi connectivity index (χ0n) is 20.0. The Hall–Kier alpha value is -3.34. The van der Waals surface area contributed by atoms with Gasteiger partial charge in [0.1, 0.15) is 6.17 Å². The molecule has 8 nitrogen and oxygen atoms in total. The summed E-state index contributed by atoms with van der Waals surface area (Å²) in [4.78, 5) is 21.0. The lowest BCUT2D eigenvalue weighted by Gasteiger charge is -2.32. The molecule has 36 heavy (non-hydrogen) atoms. The van der Waals surface area contributed by atoms with Gasteiger partial charge in [0.2, 0.25) is 0 Å². The highest BCUT2D eigenvalue weighted by atomic mass is 19.3. The summed E-state index contributed by atoms with van der Waals surface area (Å²) in [6.45, 7) is 1.62. The van der Waals surface area contributed by atoms with Gasteiger partial charge in [0.05, 0.1) is 24.5 Å². The summed E-state index contributed by atoms with van der Waals surface area (Å²) >= 11 is 0. The quantitative estimate of drug-likeness (QED) is 0.541. The van der Waals surface area contributed by atoms with Crippen LogP contribution in [0.5, 0.6) is 0 Å². The van der Waals surface area contributed by atoms with Crippen molar-refractivity contribution in [3.05, 3.63) is 47.3 Å². The molecule has 11 heteroatoms. The van der Waals surface area contributed by atoms with Crippen LogP contribution >= 0.6 is 0 Å². The Bertz CT molecular complexity index is 1330. The van der Waals surface area contributed by atoms with Gasteiger partial charge in [-0.25, -0.2) is 22.7 Å². The minimum Gasteiger partial charge on any atom is -0.385 e. The molecule has 2 aromatic heterocycles. The van der Waals surface area contributed by atoms with Gasteiger partial charge >= 0.3 is 0 Å². The fourth-order valence-corrected chi connectivity index (χ4v) is 5.30. The molecule has 2 atom stereocenters. The highest BCUT2D eigenvalue weighted by molar-refractivity contribution is 5.94. The Labute approximate surface area is 206 Å². The number of imidazole rings is 1. The van der Waals surface area contributed by atoms with Gasteiger partial charge < -0.3 is 15.5 Å². The number of hydrogen-bond donors (Lipinski definition) is 2. The van der Waals surface area contributed by atoms with E-state index in [2.05, 4.69) is 20.5 Å². The number of alkyl halides is 3. The number of carbonyl (C=O) groups is 1. The van der Waals surface area contributed by atoms with Crippen LogP contribution in [0.2, 0.25) is 0 Å². The van der Waals surface area contributed by atoms with Gasteiger partial charge in [-0.05, 0) is 36.6 Å². The minimum atomic E-state index is -2.63. The zero-order valence-corrected chi connectivity index (χ0v) is 20.0. The van der Waals surface area contributed by atoms with Crippen LogP contribution in [-0.2, 0) is 13.0 Å². The van der Waals surface area contributed by atoms with Gasteiger partial charge in [0, 0.05) is 44.7 Å². The molecule has 1 saturated heterocycles. The molecule has 1 amide bonds. The summed E-state index contributed by atoms with van der Waals surface area (Å²) in [6.07, 6.45) is 1.98. The van der Waals surface area contributed by atoms with Crippen molar-refractivity contribution >= 4 is 28.7 Å². The van der Waals surface area contributed by atoms with Crippen LogP contribution < -0.4 is 15.5 Å². The summed E-state index contributed by atoms with van der Waals surface area (Å²) in [5, 5.41) is 10.5. The SMILES string of the molecule is CNc1cc(N2CCc3c(CN4CCCC(F)(F)C4)cccc32)nn2c(C(=O)NC3CC3F)cnc12. The number of carbonyl (C=O) groups excluding carboxylic acids is 1. The van der Waals surface area contributed by atoms with Crippen LogP contribution in [0.3, 0.4) is 0 Å². The molecule has 2 fully saturated rings. The second-order valence-corrected chi connectivity index (χ2v) is 9.86. The molecule has 0 radical (unpaired) electrons. The van der Waals surface area contributed by atoms with Crippen molar-refractivity contribution < 1.29 is 18.0 Å². The lowest BCUT2D eigenvalue weighted by molar-refractivity contribution is -0.0661. The number of aromatic nitrogens is 3. The smallest absolute Gasteiger partial charge is 0.271 e. The van der Waals surface area contributed by atoms with E-state index in [0.717, 1.165) is 23.2 Å². The first-order valence-corrected chi connectivity index (χ1v) is 12.3. The number of fused-ring (bicyclic) bond motifs is 2. The Morgan fingerprint density at radius 2 is 2.11 bits per heavy atom. The maximum absolute atomic E-state index is 14.0. The lowest BCUT2D eigenvalue weighted by atomic mass is 10.0. The van der Waals surface area contributed by atoms with Crippen LogP contribution in [0.25, 0.3) is 5.65 Å². The van der Waals surface area contributed by atoms with Gasteiger partial charge in [-0.2, -0.15) is 0 Å². The minimum absolute atomic E-state index is 0.0462. The average Bonchev–Trinajstić information content (AvgIpc) is 3.23. The monoisotopic (exact) mass is 499 g/mol. The van der Waals surface area contributed by atoms with Crippen molar-refractivity contribution in [2.24, 2.45) is 0 Å². The largest absolute Gasteiger partial charge is 0.385 e. The molecule has 2 aliphatic heterocycles. The topological polar surface area (TPSA) is 77.8 Å². The van der Waals surface area contributed by atoms with Gasteiger partial charge in [0.15, 0.2) is 17.2 Å². The predicted octanol–water partition coefficient (Wildman–Crippen LogP) is 3.54. The number of rotatable bonds is 6. The molecule has 190 valence electrons. The molecule has 1 aromatic carbocycles. The van der Waals surface area contributed by atoms with Crippen LogP contribution in [0.15, 0.2) is 30.5 Å². The molecule has 6 rings (SSSR count). The molecule has 3 aromatic rings. The van der Waals surface area contributed by atoms with Crippen molar-refractivity contribution in [1.29, 1.82) is 0 Å². The second kappa shape index (κ2) is 8.65. The van der Waals surface area contributed by atoms with E-state index < -0.39 is 24.0 Å². The van der Waals surface area contributed by atoms with E-state index in [1.165, 1.54) is 10.7 Å². The third-order valence-corrected chi connectivity index (χ3v) is 7.25. The maximum atomic E-state index is 14.0. The summed E-state index contributed by atoms with van der Waals surface area (Å²) in [5.41, 5.74) is 4.60. The number of benzene rings is 1. The van der Waals surface area contributed by atoms with Gasteiger partial charge in [-0.15, -0.1) is 5.10 Å². The lowest BCUT2D eigenvalue weighted by Crippen LogP contribution is -2.42. The van der Waals surface area contributed by atoms with Crippen molar-refractivity contribution in [1.82, 2.24) is 24.8 Å². The van der Waals surface area contributed by atoms with E-state index in [1.54, 1.807) is 7.05 Å². The summed E-state index contributed by atoms with van der Waals surface area (Å²) in [7, 11) is 1.77. The zero-order chi connectivity index (χ0) is 25.0. The van der Waals surface area contributed by atoms with Crippen molar-refractivity contribution in [3.63, 3.8) is 0 Å². The van der Waals surface area contributed by atoms with Crippen LogP contribution in [0, 0.1) is 0 Å². The fourth-order valence-electron chi connectivity index (χ4n) is 5.30. The van der Waals surface area contributed by atoms with E-state index in [4.69, 9.17) is 5.10 Å². The van der Waals surface area contributed by atoms with Crippen molar-refractivity contribution in [3.8, 4) is 0 Å². The number of anilines is 3. The normalized spacial score (nSPS) is 23.1. The number of nitrogens with one attached hydrogen (secondary N) is 2. The number of halogens is 3. The molecule has 0 spiro atoms. The Morgan fingerprint density at radius 1 is 1.28 bits per heavy atom. The average molecular weight is 500 g/mol. The highest BCUT2D eigenvalue weighted by Gasteiger charge is 2.39. The number of likely N-dealkylation sites (tertiary alicyclic amines) is 1. The van der Waals surface area contributed by atoms with Crippen LogP contribution in [-0.4, -0.2) is 70.2 Å². The van der Waals surface area contributed by atoms with Gasteiger partial charge in [-0.1, -0.05) is 12.1 Å². The first-order chi connectivity index (χ1) is 17.3. The summed E-state index contributed by atoms with van der Waals surface area (Å²) in [5.74, 6) is -2.42. The maximum Gasteiger partial charge on any atom is 0.271 e. The van der Waals surface area contributed by atoms with E-state index in [-0.39, 0.29) is 18.7 Å². The van der Waals surface area contributed by atoms with Crippen LogP contribution in [0.4, 0.5) is 30.4 Å². The highest BCUT2D eigenvalue weighted by Crippen LogP contribution is 2.38. The number of hydrogen-bond acceptors (Lipinski definition) is 6. The van der Waals surface area contributed by atoms with E-state index in [9.17, 15) is 18.0 Å². The summed E-state index contributed by atoms with van der Waals surface area (Å²) < 4.78 is 42.7. The van der Waals surface area contributed by atoms with E-state index >= 15 is 0 Å². The van der Waals surface area contributed by atoms with E-state index in [0.29, 0.717) is 49.6 Å². The standard InChI is InChI=1S/C25H28F3N7O/c1-29-19-11-22(32-35-21(12-30-23(19)35)24(36)31-18-10-17(18)26)34-9-6-16-15(4-2-5-20(16)34)13-33-8-3-7-25(27,28)14-33/h2,4-5,11-12,17-18,29H,3,6-10,13-14H2,1H3,(H,31,36). The summed E-state index contributed by atoms with van der Waals surface area (Å²) in [6, 6.07) is 7.40. The second-order valence-electron chi connectivity index (χ2n) is 9.86. The molecule has 0 bridgehead atoms. The fraction of sp³-hybridized carbons (Fsp3) is 0.480. The van der Waals surface area contributed by atoms with Gasteiger partial charge in [0.25, 0.3) is 11.8 Å². The Morgan fingerprint density at radius 3 is 2.86 bits per heavy atom. The third-order valence-electron chi connectivity index (χ3n) is 7.25. The molecule has 3 aliphatic rings. The van der Waals surface area contributed by atoms with Crippen molar-refractivity contribution in [2.75, 3.05) is 36.9 Å². The van der Waals surface area contributed by atoms with Gasteiger partial charge in [-0.3, -0.25) is 9.69 Å². The Balaban J connectivity index is 1.31. The first-order valence-electron chi connectivity index (χ1n) is 12.3. The Kier molecular flexibility index (Phi) is 5.55. The molecule has 2 unspecified atom stereocenters. The molecule has 2 N–H and O–H groups in total. The molecular formula is C25H28F3N7O. The number of piperidine rings is 1. The van der Waals surface area contributed by atoms with Crippen LogP contribution in [0.1, 0.15) is 40.9 Å². The van der Waals surface area contributed by atoms with E-state index in [1.807, 2.05) is 29.2 Å². The van der Waals surface area contributed by atoms with Crippen molar-refractivity contribution in [2.45, 2.75) is 50.4 Å².